The maximum atomic E-state index is 12.6. The molecule has 2 aromatic rings. The third-order valence-corrected chi connectivity index (χ3v) is 5.74. The predicted octanol–water partition coefficient (Wildman–Crippen LogP) is 1.78. The number of methoxy groups -OCH3 is 2. The van der Waals surface area contributed by atoms with Gasteiger partial charge in [-0.15, -0.1) is 0 Å². The number of anilines is 1. The smallest absolute Gasteiger partial charge is 0.242 e. The zero-order chi connectivity index (χ0) is 21.0. The van der Waals surface area contributed by atoms with Crippen LogP contribution in [-0.4, -0.2) is 47.8 Å². The van der Waals surface area contributed by atoms with Crippen molar-refractivity contribution < 1.29 is 32.2 Å². The van der Waals surface area contributed by atoms with Gasteiger partial charge in [0, 0.05) is 17.8 Å². The van der Waals surface area contributed by atoms with Gasteiger partial charge in [-0.25, -0.2) is 8.42 Å². The molecule has 0 spiro atoms. The molecule has 2 N–H and O–H groups in total. The molecule has 156 valence electrons. The van der Waals surface area contributed by atoms with Crippen molar-refractivity contribution in [2.75, 3.05) is 32.8 Å². The average Bonchev–Trinajstić information content (AvgIpc) is 2.72. The van der Waals surface area contributed by atoms with E-state index in [1.54, 1.807) is 18.2 Å². The number of benzene rings is 2. The van der Waals surface area contributed by atoms with Crippen LogP contribution in [0.2, 0.25) is 0 Å². The molecular weight excluding hydrogens is 400 g/mol. The van der Waals surface area contributed by atoms with Crippen molar-refractivity contribution in [2.24, 2.45) is 0 Å². The van der Waals surface area contributed by atoms with Crippen molar-refractivity contribution in [3.8, 4) is 23.0 Å². The second kappa shape index (κ2) is 8.58. The normalized spacial score (nSPS) is 14.0. The molecule has 2 aromatic carbocycles. The number of carbonyl (C=O) groups is 1. The van der Waals surface area contributed by atoms with Crippen LogP contribution in [0.15, 0.2) is 41.3 Å². The lowest BCUT2D eigenvalue weighted by Gasteiger charge is -2.20. The number of rotatable bonds is 7. The molecule has 1 aliphatic rings. The van der Waals surface area contributed by atoms with Gasteiger partial charge >= 0.3 is 0 Å². The lowest BCUT2D eigenvalue weighted by atomic mass is 10.2. The Morgan fingerprint density at radius 1 is 1.00 bits per heavy atom. The Balaban J connectivity index is 1.70. The van der Waals surface area contributed by atoms with E-state index in [2.05, 4.69) is 10.0 Å². The number of ether oxygens (including phenoxy) is 4. The minimum atomic E-state index is -3.96. The van der Waals surface area contributed by atoms with Crippen LogP contribution in [0, 0.1) is 0 Å². The van der Waals surface area contributed by atoms with E-state index in [1.807, 2.05) is 0 Å². The highest BCUT2D eigenvalue weighted by atomic mass is 32.2. The van der Waals surface area contributed by atoms with E-state index < -0.39 is 22.0 Å². The highest BCUT2D eigenvalue weighted by Crippen LogP contribution is 2.33. The summed E-state index contributed by atoms with van der Waals surface area (Å²) in [5.74, 6) is 1.26. The van der Waals surface area contributed by atoms with Crippen molar-refractivity contribution in [1.82, 2.24) is 4.72 Å². The first-order chi connectivity index (χ1) is 13.8. The number of fused-ring (bicyclic) bond motifs is 1. The van der Waals surface area contributed by atoms with Crippen LogP contribution >= 0.6 is 0 Å². The van der Waals surface area contributed by atoms with Crippen LogP contribution in [0.3, 0.4) is 0 Å². The average molecular weight is 422 g/mol. The van der Waals surface area contributed by atoms with Crippen LogP contribution in [0.25, 0.3) is 0 Å². The molecule has 0 saturated carbocycles. The van der Waals surface area contributed by atoms with Crippen LogP contribution < -0.4 is 29.0 Å². The zero-order valence-corrected chi connectivity index (χ0v) is 17.0. The monoisotopic (exact) mass is 422 g/mol. The van der Waals surface area contributed by atoms with Crippen molar-refractivity contribution in [3.63, 3.8) is 0 Å². The lowest BCUT2D eigenvalue weighted by molar-refractivity contribution is -0.117. The second-order valence-corrected chi connectivity index (χ2v) is 7.92. The van der Waals surface area contributed by atoms with Crippen LogP contribution in [0.5, 0.6) is 23.0 Å². The van der Waals surface area contributed by atoms with Gasteiger partial charge in [0.05, 0.1) is 25.2 Å². The lowest BCUT2D eigenvalue weighted by Crippen LogP contribution is -2.41. The molecule has 0 fully saturated rings. The summed E-state index contributed by atoms with van der Waals surface area (Å²) in [5, 5.41) is 2.66. The maximum absolute atomic E-state index is 12.6. The van der Waals surface area contributed by atoms with Gasteiger partial charge < -0.3 is 24.3 Å². The number of amides is 1. The van der Waals surface area contributed by atoms with Gasteiger partial charge in [-0.1, -0.05) is 0 Å². The Morgan fingerprint density at radius 2 is 1.69 bits per heavy atom. The Labute approximate surface area is 169 Å². The first kappa shape index (κ1) is 20.7. The molecule has 0 aromatic heterocycles. The van der Waals surface area contributed by atoms with Crippen LogP contribution in [0.4, 0.5) is 5.69 Å². The van der Waals surface area contributed by atoms with E-state index in [9.17, 15) is 13.2 Å². The summed E-state index contributed by atoms with van der Waals surface area (Å²) < 4.78 is 48.8. The van der Waals surface area contributed by atoms with Crippen molar-refractivity contribution in [1.29, 1.82) is 0 Å². The van der Waals surface area contributed by atoms with Crippen molar-refractivity contribution in [2.45, 2.75) is 17.9 Å². The number of nitrogens with one attached hydrogen (secondary N) is 2. The third-order valence-electron chi connectivity index (χ3n) is 4.20. The fraction of sp³-hybridized carbons (Fsp3) is 0.316. The summed E-state index contributed by atoms with van der Waals surface area (Å²) in [4.78, 5) is 12.4. The van der Waals surface area contributed by atoms with Gasteiger partial charge in [-0.2, -0.15) is 4.72 Å². The zero-order valence-electron chi connectivity index (χ0n) is 16.2. The largest absolute Gasteiger partial charge is 0.493 e. The van der Waals surface area contributed by atoms with Gasteiger partial charge in [-0.05, 0) is 31.2 Å². The van der Waals surface area contributed by atoms with Gasteiger partial charge in [-0.3, -0.25) is 4.79 Å². The summed E-state index contributed by atoms with van der Waals surface area (Å²) in [6, 6.07) is 8.11. The first-order valence-electron chi connectivity index (χ1n) is 8.79. The van der Waals surface area contributed by atoms with Crippen molar-refractivity contribution >= 4 is 21.6 Å². The summed E-state index contributed by atoms with van der Waals surface area (Å²) >= 11 is 0. The van der Waals surface area contributed by atoms with E-state index in [4.69, 9.17) is 18.9 Å². The minimum Gasteiger partial charge on any atom is -0.493 e. The molecule has 0 unspecified atom stereocenters. The third kappa shape index (κ3) is 4.72. The summed E-state index contributed by atoms with van der Waals surface area (Å²) in [6.45, 7) is 2.34. The van der Waals surface area contributed by atoms with Crippen LogP contribution in [0.1, 0.15) is 6.92 Å². The fourth-order valence-electron chi connectivity index (χ4n) is 2.71. The number of hydrogen-bond donors (Lipinski definition) is 2. The van der Waals surface area contributed by atoms with Crippen molar-refractivity contribution in [3.05, 3.63) is 36.4 Å². The molecule has 3 rings (SSSR count). The molecule has 0 bridgehead atoms. The van der Waals surface area contributed by atoms with E-state index >= 15 is 0 Å². The molecule has 29 heavy (non-hydrogen) atoms. The Kier molecular flexibility index (Phi) is 6.14. The molecule has 0 saturated heterocycles. The fourth-order valence-corrected chi connectivity index (χ4v) is 3.93. The van der Waals surface area contributed by atoms with E-state index in [-0.39, 0.29) is 10.6 Å². The molecule has 1 atom stereocenters. The predicted molar refractivity (Wildman–Crippen MR) is 105 cm³/mol. The summed E-state index contributed by atoms with van der Waals surface area (Å²) in [7, 11) is -1.10. The second-order valence-electron chi connectivity index (χ2n) is 6.21. The topological polar surface area (TPSA) is 112 Å². The standard InChI is InChI=1S/C19H22N2O7S/c1-12(19(22)20-13-4-6-16-18(10-13)28-9-8-27-16)21-29(23,24)14-5-7-15(25-2)17(11-14)26-3/h4-7,10-12,21H,8-9H2,1-3H3,(H,20,22)/t12-/m1/s1. The molecule has 10 heteroatoms. The SMILES string of the molecule is COc1ccc(S(=O)(=O)N[C@H](C)C(=O)Nc2ccc3c(c2)OCCO3)cc1OC. The molecule has 0 radical (unpaired) electrons. The molecule has 0 aliphatic carbocycles. The summed E-state index contributed by atoms with van der Waals surface area (Å²) in [5.41, 5.74) is 0.469. The van der Waals surface area contributed by atoms with Crippen LogP contribution in [-0.2, 0) is 14.8 Å². The highest BCUT2D eigenvalue weighted by molar-refractivity contribution is 7.89. The van der Waals surface area contributed by atoms with Gasteiger partial charge in [0.15, 0.2) is 23.0 Å². The minimum absolute atomic E-state index is 0.0471. The number of hydrogen-bond acceptors (Lipinski definition) is 7. The molecule has 1 amide bonds. The molecule has 1 aliphatic heterocycles. The summed E-state index contributed by atoms with van der Waals surface area (Å²) in [6.07, 6.45) is 0. The quantitative estimate of drug-likeness (QED) is 0.699. The number of carbonyl (C=O) groups excluding carboxylic acids is 1. The van der Waals surface area contributed by atoms with E-state index in [0.717, 1.165) is 0 Å². The van der Waals surface area contributed by atoms with E-state index in [1.165, 1.54) is 39.3 Å². The Hall–Kier alpha value is -2.98. The maximum Gasteiger partial charge on any atom is 0.242 e. The Morgan fingerprint density at radius 3 is 2.38 bits per heavy atom. The molecule has 9 nitrogen and oxygen atoms in total. The van der Waals surface area contributed by atoms with Gasteiger partial charge in [0.25, 0.3) is 0 Å². The number of sulfonamides is 1. The van der Waals surface area contributed by atoms with E-state index in [0.29, 0.717) is 36.1 Å². The molecular formula is C19H22N2O7S. The molecule has 1 heterocycles. The highest BCUT2D eigenvalue weighted by Gasteiger charge is 2.24. The first-order valence-corrected chi connectivity index (χ1v) is 10.3. The van der Waals surface area contributed by atoms with Gasteiger partial charge in [0.1, 0.15) is 13.2 Å². The van der Waals surface area contributed by atoms with Gasteiger partial charge in [0.2, 0.25) is 15.9 Å². The Bertz CT molecular complexity index is 1010.